The van der Waals surface area contributed by atoms with Crippen molar-refractivity contribution in [3.63, 3.8) is 0 Å². The lowest BCUT2D eigenvalue weighted by Gasteiger charge is -2.67. The summed E-state index contributed by atoms with van der Waals surface area (Å²) in [7, 11) is 0. The number of carboxylic acids is 1. The maximum atomic E-state index is 14.1. The zero-order valence-electron chi connectivity index (χ0n) is 18.5. The third-order valence-corrected chi connectivity index (χ3v) is 8.52. The van der Waals surface area contributed by atoms with Crippen LogP contribution < -0.4 is 4.74 Å². The lowest BCUT2D eigenvalue weighted by Crippen LogP contribution is -2.78. The van der Waals surface area contributed by atoms with Gasteiger partial charge in [-0.25, -0.2) is 4.79 Å². The van der Waals surface area contributed by atoms with Gasteiger partial charge >= 0.3 is 12.1 Å². The first-order valence-electron chi connectivity index (χ1n) is 11.5. The number of rotatable bonds is 2. The summed E-state index contributed by atoms with van der Waals surface area (Å²) in [5.74, 6) is -1.67. The van der Waals surface area contributed by atoms with E-state index in [0.717, 1.165) is 35.2 Å². The molecule has 5 atom stereocenters. The number of benzene rings is 1. The highest BCUT2D eigenvalue weighted by atomic mass is 19.4. The van der Waals surface area contributed by atoms with E-state index in [-0.39, 0.29) is 10.4 Å². The molecule has 2 aliphatic heterocycles. The Morgan fingerprint density at radius 2 is 2.03 bits per heavy atom. The number of halogens is 3. The second-order valence-corrected chi connectivity index (χ2v) is 10.4. The van der Waals surface area contributed by atoms with Gasteiger partial charge in [-0.2, -0.15) is 18.3 Å². The molecule has 1 aromatic heterocycles. The molecule has 1 spiro atoms. The summed E-state index contributed by atoms with van der Waals surface area (Å²) in [6.07, 6.45) is -0.0233. The first-order valence-corrected chi connectivity index (χ1v) is 11.5. The number of aromatic hydroxyl groups is 1. The number of quaternary nitrogens is 1. The molecule has 4 N–H and O–H groups in total. The fraction of sp³-hybridized carbons (Fsp3) is 0.565. The molecule has 12 heteroatoms. The predicted molar refractivity (Wildman–Crippen MR) is 112 cm³/mol. The zero-order chi connectivity index (χ0) is 25.0. The van der Waals surface area contributed by atoms with Crippen LogP contribution in [0, 0.1) is 11.1 Å². The molecule has 0 amide bonds. The van der Waals surface area contributed by atoms with Crippen LogP contribution in [0.25, 0.3) is 0 Å². The molecular weight excluding hydrogens is 471 g/mol. The number of hydroxylamine groups is 3. The number of phenols is 1. The molecule has 1 aromatic carbocycles. The molecule has 9 nitrogen and oxygen atoms in total. The molecule has 3 heterocycles. The van der Waals surface area contributed by atoms with Gasteiger partial charge in [-0.1, -0.05) is 6.07 Å². The Morgan fingerprint density at radius 3 is 2.69 bits per heavy atom. The second kappa shape index (κ2) is 6.89. The van der Waals surface area contributed by atoms with Crippen LogP contribution in [0.2, 0.25) is 0 Å². The third kappa shape index (κ3) is 2.93. The molecule has 1 saturated carbocycles. The maximum absolute atomic E-state index is 14.1. The van der Waals surface area contributed by atoms with Gasteiger partial charge < -0.3 is 29.9 Å². The van der Waals surface area contributed by atoms with Crippen molar-refractivity contribution in [3.8, 4) is 11.5 Å². The number of aromatic amines is 1. The minimum Gasteiger partial charge on any atom is -0.632 e. The average molecular weight is 495 g/mol. The minimum atomic E-state index is -5.08. The van der Waals surface area contributed by atoms with Gasteiger partial charge in [0.2, 0.25) is 0 Å². The van der Waals surface area contributed by atoms with Gasteiger partial charge in [-0.15, -0.1) is 0 Å². The Labute approximate surface area is 197 Å². The molecule has 2 aromatic rings. The molecule has 35 heavy (non-hydrogen) atoms. The number of aromatic nitrogens is 2. The maximum Gasteiger partial charge on any atom is 0.490 e. The number of hydrogen-bond donors (Lipinski definition) is 4. The van der Waals surface area contributed by atoms with E-state index in [2.05, 4.69) is 10.2 Å². The first-order chi connectivity index (χ1) is 16.4. The number of ether oxygens (including phenoxy) is 1. The number of phenolic OH excluding ortho intramolecular Hbond substituents is 1. The lowest BCUT2D eigenvalue weighted by molar-refractivity contribution is -0.924. The van der Waals surface area contributed by atoms with Crippen LogP contribution in [-0.2, 0) is 23.1 Å². The van der Waals surface area contributed by atoms with Gasteiger partial charge in [0.15, 0.2) is 17.6 Å². The SMILES string of the molecule is O=C(O)C(F)(F)F.[O-][N+]1(CC2CC2)CC[C@]23c4c5ccc(O)c4O[C@H]2c2[nH]ncc2C[C@@]3(O)[C@H]1C5. The monoisotopic (exact) mass is 495 g/mol. The molecule has 0 radical (unpaired) electrons. The van der Waals surface area contributed by atoms with Gasteiger partial charge in [0.1, 0.15) is 11.6 Å². The molecule has 188 valence electrons. The summed E-state index contributed by atoms with van der Waals surface area (Å²) in [6, 6.07) is 3.17. The van der Waals surface area contributed by atoms with Gasteiger partial charge in [0, 0.05) is 36.3 Å². The van der Waals surface area contributed by atoms with Crippen LogP contribution in [0.3, 0.4) is 0 Å². The largest absolute Gasteiger partial charge is 0.632 e. The van der Waals surface area contributed by atoms with Crippen molar-refractivity contribution in [1.29, 1.82) is 0 Å². The molecule has 5 aliphatic rings. The van der Waals surface area contributed by atoms with E-state index in [1.165, 1.54) is 0 Å². The Kier molecular flexibility index (Phi) is 4.45. The van der Waals surface area contributed by atoms with Crippen molar-refractivity contribution in [2.24, 2.45) is 5.92 Å². The standard InChI is InChI=1S/C21H23N3O4.C2HF3O2/c25-14-4-3-12-7-15-21(26)8-13-9-22-23-17(13)19-20(21,16(12)18(14)28-19)5-6-24(15,27)10-11-1-2-11;3-2(4,5)1(6)7/h3-4,9,11,15,19,25-26H,1-2,5-8,10H2,(H,22,23);(H,6,7)/t15-,19+,20+,21-,24?;/m1./s1. The summed E-state index contributed by atoms with van der Waals surface area (Å²) in [5, 5.41) is 51.3. The number of nitrogens with zero attached hydrogens (tertiary/aromatic N) is 2. The summed E-state index contributed by atoms with van der Waals surface area (Å²) in [4.78, 5) is 8.90. The number of hydrogen-bond acceptors (Lipinski definition) is 6. The molecule has 2 bridgehead atoms. The quantitative estimate of drug-likeness (QED) is 0.371. The van der Waals surface area contributed by atoms with E-state index in [9.17, 15) is 28.6 Å². The van der Waals surface area contributed by atoms with E-state index in [1.54, 1.807) is 12.3 Å². The van der Waals surface area contributed by atoms with Crippen molar-refractivity contribution >= 4 is 5.97 Å². The summed E-state index contributed by atoms with van der Waals surface area (Å²) < 4.78 is 37.8. The smallest absolute Gasteiger partial charge is 0.490 e. The van der Waals surface area contributed by atoms with Crippen molar-refractivity contribution in [1.82, 2.24) is 10.2 Å². The topological polar surface area (TPSA) is 139 Å². The van der Waals surface area contributed by atoms with Crippen LogP contribution in [0.5, 0.6) is 11.5 Å². The van der Waals surface area contributed by atoms with Crippen molar-refractivity contribution < 1.29 is 42.7 Å². The number of nitrogens with one attached hydrogen (secondary N) is 1. The van der Waals surface area contributed by atoms with Crippen LogP contribution >= 0.6 is 0 Å². The number of alkyl halides is 3. The Bertz CT molecular complexity index is 1230. The lowest BCUT2D eigenvalue weighted by atomic mass is 9.49. The second-order valence-electron chi connectivity index (χ2n) is 10.4. The normalized spacial score (nSPS) is 35.8. The molecule has 2 fully saturated rings. The van der Waals surface area contributed by atoms with Crippen molar-refractivity contribution in [3.05, 3.63) is 45.9 Å². The molecule has 3 aliphatic carbocycles. The number of carboxylic acid groups (broad SMARTS) is 1. The Balaban J connectivity index is 0.000000290. The van der Waals surface area contributed by atoms with E-state index in [4.69, 9.17) is 14.6 Å². The van der Waals surface area contributed by atoms with Crippen LogP contribution in [0.15, 0.2) is 18.3 Å². The van der Waals surface area contributed by atoms with E-state index < -0.39 is 35.3 Å². The number of likely N-dealkylation sites (tertiary alicyclic amines) is 1. The van der Waals surface area contributed by atoms with Gasteiger partial charge in [-0.3, -0.25) is 5.10 Å². The van der Waals surface area contributed by atoms with Crippen LogP contribution in [0.4, 0.5) is 13.2 Å². The number of carbonyl (C=O) groups is 1. The Morgan fingerprint density at radius 1 is 1.31 bits per heavy atom. The highest BCUT2D eigenvalue weighted by Gasteiger charge is 2.75. The average Bonchev–Trinajstić information content (AvgIpc) is 3.32. The molecule has 7 rings (SSSR count). The first kappa shape index (κ1) is 22.6. The van der Waals surface area contributed by atoms with Crippen LogP contribution in [0.1, 0.15) is 47.8 Å². The van der Waals surface area contributed by atoms with E-state index >= 15 is 0 Å². The molecule has 1 saturated heterocycles. The minimum absolute atomic E-state index is 0.107. The number of H-pyrrole nitrogens is 1. The number of aliphatic hydroxyl groups is 1. The van der Waals surface area contributed by atoms with E-state index in [0.29, 0.717) is 44.0 Å². The third-order valence-electron chi connectivity index (χ3n) is 8.52. The number of piperidine rings is 1. The summed E-state index contributed by atoms with van der Waals surface area (Å²) in [5.41, 5.74) is 1.86. The Hall–Kier alpha value is -2.83. The summed E-state index contributed by atoms with van der Waals surface area (Å²) in [6.45, 7) is 1.09. The fourth-order valence-corrected chi connectivity index (χ4v) is 6.92. The molecule has 1 unspecified atom stereocenters. The number of fused-ring (bicyclic) bond motifs is 2. The fourth-order valence-electron chi connectivity index (χ4n) is 6.92. The van der Waals surface area contributed by atoms with Gasteiger partial charge in [0.25, 0.3) is 0 Å². The zero-order valence-corrected chi connectivity index (χ0v) is 18.5. The van der Waals surface area contributed by atoms with E-state index in [1.807, 2.05) is 6.07 Å². The summed E-state index contributed by atoms with van der Waals surface area (Å²) >= 11 is 0. The van der Waals surface area contributed by atoms with Crippen molar-refractivity contribution in [2.75, 3.05) is 13.1 Å². The number of aliphatic carboxylic acids is 1. The highest BCUT2D eigenvalue weighted by molar-refractivity contribution is 5.73. The van der Waals surface area contributed by atoms with Crippen LogP contribution in [-0.4, -0.2) is 67.0 Å². The predicted octanol–water partition coefficient (Wildman–Crippen LogP) is 2.46. The van der Waals surface area contributed by atoms with Gasteiger partial charge in [-0.05, 0) is 24.5 Å². The molecular formula is C23H24F3N3O6. The highest BCUT2D eigenvalue weighted by Crippen LogP contribution is 2.69. The van der Waals surface area contributed by atoms with Gasteiger partial charge in [0.05, 0.1) is 30.4 Å². The van der Waals surface area contributed by atoms with Crippen molar-refractivity contribution in [2.45, 2.75) is 61.4 Å².